The van der Waals surface area contributed by atoms with Crippen molar-refractivity contribution >= 4 is 33.8 Å². The summed E-state index contributed by atoms with van der Waals surface area (Å²) in [5, 5.41) is 11.1. The molecule has 0 unspecified atom stereocenters. The fourth-order valence-electron chi connectivity index (χ4n) is 3.10. The molecule has 30 heavy (non-hydrogen) atoms. The van der Waals surface area contributed by atoms with Crippen LogP contribution in [0.3, 0.4) is 0 Å². The molecule has 0 bridgehead atoms. The number of methoxy groups -OCH3 is 1. The van der Waals surface area contributed by atoms with Gasteiger partial charge in [0, 0.05) is 41.7 Å². The summed E-state index contributed by atoms with van der Waals surface area (Å²) < 4.78 is 6.82. The van der Waals surface area contributed by atoms with Gasteiger partial charge in [0.25, 0.3) is 5.91 Å². The fourth-order valence-corrected chi connectivity index (χ4v) is 3.10. The molecule has 0 aliphatic carbocycles. The lowest BCUT2D eigenvalue weighted by Crippen LogP contribution is -2.25. The molecule has 4 aromatic rings. The van der Waals surface area contributed by atoms with Gasteiger partial charge in [0.2, 0.25) is 0 Å². The number of anilines is 2. The highest BCUT2D eigenvalue weighted by atomic mass is 16.5. The molecule has 0 saturated carbocycles. The number of hydrogen-bond donors (Lipinski definition) is 3. The Labute approximate surface area is 172 Å². The summed E-state index contributed by atoms with van der Waals surface area (Å²) in [7, 11) is 1.48. The van der Waals surface area contributed by atoms with Gasteiger partial charge in [0.15, 0.2) is 5.65 Å². The number of rotatable bonds is 6. The van der Waals surface area contributed by atoms with Gasteiger partial charge in [-0.3, -0.25) is 4.79 Å². The average Bonchev–Trinajstić information content (AvgIpc) is 3.15. The third-order valence-corrected chi connectivity index (χ3v) is 4.61. The van der Waals surface area contributed by atoms with Crippen molar-refractivity contribution in [3.63, 3.8) is 0 Å². The van der Waals surface area contributed by atoms with Crippen molar-refractivity contribution in [3.8, 4) is 6.01 Å². The van der Waals surface area contributed by atoms with Crippen LogP contribution in [-0.4, -0.2) is 50.2 Å². The SMILES string of the molecule is COc1ncc2c(NC[C@@H](C)N)ccc(C(=O)Nc3cnn4c(C)ccnc34)c2n1. The molecular formula is C20H22N8O2. The highest BCUT2D eigenvalue weighted by molar-refractivity contribution is 6.14. The molecule has 3 heterocycles. The van der Waals surface area contributed by atoms with Crippen molar-refractivity contribution in [1.29, 1.82) is 0 Å². The second-order valence-corrected chi connectivity index (χ2v) is 6.97. The number of nitrogens with two attached hydrogens (primary N) is 1. The Hall–Kier alpha value is -3.79. The average molecular weight is 406 g/mol. The van der Waals surface area contributed by atoms with E-state index in [9.17, 15) is 4.79 Å². The van der Waals surface area contributed by atoms with Crippen molar-refractivity contribution in [1.82, 2.24) is 24.6 Å². The maximum absolute atomic E-state index is 13.1. The third-order valence-electron chi connectivity index (χ3n) is 4.61. The number of carbonyl (C=O) groups is 1. The molecule has 1 atom stereocenters. The number of aromatic nitrogens is 5. The van der Waals surface area contributed by atoms with Crippen LogP contribution in [0.1, 0.15) is 23.0 Å². The van der Waals surface area contributed by atoms with Gasteiger partial charge in [-0.05, 0) is 32.0 Å². The van der Waals surface area contributed by atoms with E-state index in [0.717, 1.165) is 11.4 Å². The molecule has 1 aromatic carbocycles. The Morgan fingerprint density at radius 1 is 1.23 bits per heavy atom. The zero-order valence-electron chi connectivity index (χ0n) is 16.9. The van der Waals surface area contributed by atoms with Gasteiger partial charge in [-0.1, -0.05) is 0 Å². The molecule has 4 N–H and O–H groups in total. The molecule has 0 aliphatic heterocycles. The van der Waals surface area contributed by atoms with Crippen LogP contribution in [0.4, 0.5) is 11.4 Å². The highest BCUT2D eigenvalue weighted by Crippen LogP contribution is 2.27. The normalized spacial score (nSPS) is 12.1. The Kier molecular flexibility index (Phi) is 5.15. The first-order valence-corrected chi connectivity index (χ1v) is 9.42. The van der Waals surface area contributed by atoms with Crippen LogP contribution in [-0.2, 0) is 0 Å². The lowest BCUT2D eigenvalue weighted by molar-refractivity contribution is 0.102. The maximum Gasteiger partial charge on any atom is 0.316 e. The van der Waals surface area contributed by atoms with E-state index in [2.05, 4.69) is 30.7 Å². The van der Waals surface area contributed by atoms with E-state index in [1.54, 1.807) is 29.2 Å². The zero-order valence-corrected chi connectivity index (χ0v) is 16.9. The van der Waals surface area contributed by atoms with Crippen LogP contribution in [0.25, 0.3) is 16.6 Å². The quantitative estimate of drug-likeness (QED) is 0.443. The van der Waals surface area contributed by atoms with E-state index in [1.807, 2.05) is 26.0 Å². The van der Waals surface area contributed by atoms with Crippen LogP contribution >= 0.6 is 0 Å². The second kappa shape index (κ2) is 7.91. The first-order valence-electron chi connectivity index (χ1n) is 9.42. The van der Waals surface area contributed by atoms with Gasteiger partial charge in [0.05, 0.1) is 24.4 Å². The van der Waals surface area contributed by atoms with Gasteiger partial charge in [0.1, 0.15) is 5.69 Å². The molecule has 0 radical (unpaired) electrons. The minimum Gasteiger partial charge on any atom is -0.467 e. The summed E-state index contributed by atoms with van der Waals surface area (Å²) in [6.45, 7) is 4.39. The number of carbonyl (C=O) groups excluding carboxylic acids is 1. The van der Waals surface area contributed by atoms with Crippen molar-refractivity contribution < 1.29 is 9.53 Å². The lowest BCUT2D eigenvalue weighted by Gasteiger charge is -2.14. The Bertz CT molecular complexity index is 1230. The van der Waals surface area contributed by atoms with E-state index in [0.29, 0.717) is 34.3 Å². The number of fused-ring (bicyclic) bond motifs is 2. The van der Waals surface area contributed by atoms with Crippen molar-refractivity contribution in [2.75, 3.05) is 24.3 Å². The predicted octanol–water partition coefficient (Wildman–Crippen LogP) is 2.00. The third kappa shape index (κ3) is 3.60. The predicted molar refractivity (Wildman–Crippen MR) is 114 cm³/mol. The van der Waals surface area contributed by atoms with Crippen LogP contribution < -0.4 is 21.1 Å². The van der Waals surface area contributed by atoms with Crippen LogP contribution in [0, 0.1) is 6.92 Å². The summed E-state index contributed by atoms with van der Waals surface area (Å²) in [5.41, 5.74) is 9.47. The molecule has 0 saturated heterocycles. The number of ether oxygens (including phenoxy) is 1. The molecular weight excluding hydrogens is 384 g/mol. The standard InChI is InChI=1S/C20H22N8O2/c1-11(21)8-23-15-5-4-13(17-14(15)9-24-20(27-17)30-3)19(29)26-16-10-25-28-12(2)6-7-22-18(16)28/h4-7,9-11,23H,8,21H2,1-3H3,(H,26,29)/t11-/m1/s1. The minimum absolute atomic E-state index is 0.0335. The van der Waals surface area contributed by atoms with Crippen molar-refractivity contribution in [3.05, 3.63) is 48.0 Å². The summed E-state index contributed by atoms with van der Waals surface area (Å²) in [4.78, 5) is 26.0. The van der Waals surface area contributed by atoms with Gasteiger partial charge in [-0.15, -0.1) is 0 Å². The van der Waals surface area contributed by atoms with Gasteiger partial charge >= 0.3 is 6.01 Å². The Morgan fingerprint density at radius 3 is 2.83 bits per heavy atom. The summed E-state index contributed by atoms with van der Waals surface area (Å²) >= 11 is 0. The molecule has 3 aromatic heterocycles. The van der Waals surface area contributed by atoms with Gasteiger partial charge in [-0.2, -0.15) is 10.1 Å². The van der Waals surface area contributed by atoms with E-state index in [4.69, 9.17) is 10.5 Å². The summed E-state index contributed by atoms with van der Waals surface area (Å²) in [6, 6.07) is 5.50. The first kappa shape index (κ1) is 19.5. The molecule has 154 valence electrons. The van der Waals surface area contributed by atoms with E-state index in [1.165, 1.54) is 7.11 Å². The molecule has 1 amide bonds. The minimum atomic E-state index is -0.335. The van der Waals surface area contributed by atoms with Crippen LogP contribution in [0.15, 0.2) is 36.8 Å². The number of nitrogens with one attached hydrogen (secondary N) is 2. The lowest BCUT2D eigenvalue weighted by atomic mass is 10.1. The highest BCUT2D eigenvalue weighted by Gasteiger charge is 2.18. The maximum atomic E-state index is 13.1. The molecule has 10 nitrogen and oxygen atoms in total. The Morgan fingerprint density at radius 2 is 2.07 bits per heavy atom. The zero-order chi connectivity index (χ0) is 21.3. The molecule has 0 fully saturated rings. The Balaban J connectivity index is 1.74. The summed E-state index contributed by atoms with van der Waals surface area (Å²) in [6.07, 6.45) is 4.87. The summed E-state index contributed by atoms with van der Waals surface area (Å²) in [5.74, 6) is -0.335. The number of aryl methyl sites for hydroxylation is 1. The molecule has 4 rings (SSSR count). The van der Waals surface area contributed by atoms with E-state index in [-0.39, 0.29) is 18.0 Å². The van der Waals surface area contributed by atoms with Crippen LogP contribution in [0.2, 0.25) is 0 Å². The number of nitrogens with zero attached hydrogens (tertiary/aromatic N) is 5. The van der Waals surface area contributed by atoms with E-state index < -0.39 is 0 Å². The number of benzene rings is 1. The first-order chi connectivity index (χ1) is 14.5. The molecule has 0 aliphatic rings. The number of hydrogen-bond acceptors (Lipinski definition) is 8. The van der Waals surface area contributed by atoms with Crippen LogP contribution in [0.5, 0.6) is 6.01 Å². The van der Waals surface area contributed by atoms with Gasteiger partial charge in [-0.25, -0.2) is 14.5 Å². The smallest absolute Gasteiger partial charge is 0.316 e. The van der Waals surface area contributed by atoms with Crippen molar-refractivity contribution in [2.45, 2.75) is 19.9 Å². The van der Waals surface area contributed by atoms with Crippen molar-refractivity contribution in [2.24, 2.45) is 5.73 Å². The molecule has 0 spiro atoms. The largest absolute Gasteiger partial charge is 0.467 e. The second-order valence-electron chi connectivity index (χ2n) is 6.97. The van der Waals surface area contributed by atoms with Gasteiger partial charge < -0.3 is 21.1 Å². The molecule has 10 heteroatoms. The monoisotopic (exact) mass is 406 g/mol. The topological polar surface area (TPSA) is 132 Å². The van der Waals surface area contributed by atoms with E-state index >= 15 is 0 Å². The number of amides is 1. The fraction of sp³-hybridized carbons (Fsp3) is 0.250.